The molecule has 2 heterocycles. The molecule has 0 N–H and O–H groups in total. The van der Waals surface area contributed by atoms with Crippen LogP contribution in [0.25, 0.3) is 98.1 Å². The first-order valence-corrected chi connectivity index (χ1v) is 20.2. The zero-order chi connectivity index (χ0) is 45.9. The van der Waals surface area contributed by atoms with E-state index in [0.29, 0.717) is 66.9 Å². The minimum Gasteiger partial charge on any atom is -0.309 e. The van der Waals surface area contributed by atoms with E-state index in [0.717, 1.165) is 33.2 Å². The van der Waals surface area contributed by atoms with Crippen LogP contribution in [-0.4, -0.2) is 9.13 Å². The van der Waals surface area contributed by atoms with Gasteiger partial charge in [-0.3, -0.25) is 0 Å². The number of nitrogens with zero attached hydrogens (tertiary/aromatic N) is 8. The van der Waals surface area contributed by atoms with Crippen molar-refractivity contribution in [1.29, 1.82) is 21.0 Å². The number of alkyl halides is 3. The average molecular weight is 855 g/mol. The van der Waals surface area contributed by atoms with Crippen LogP contribution in [-0.2, 0) is 6.18 Å². The fraction of sp³-hybridized carbons (Fsp3) is 0.0182. The van der Waals surface area contributed by atoms with Gasteiger partial charge in [-0.25, -0.2) is 9.69 Å². The summed E-state index contributed by atoms with van der Waals surface area (Å²) in [4.78, 5) is 7.10. The van der Waals surface area contributed by atoms with Gasteiger partial charge in [0.2, 0.25) is 0 Å². The van der Waals surface area contributed by atoms with E-state index in [4.69, 9.17) is 13.1 Å². The molecular weight excluding hydrogens is 830 g/mol. The predicted octanol–water partition coefficient (Wildman–Crippen LogP) is 14.5. The lowest BCUT2D eigenvalue weighted by Crippen LogP contribution is -2.10. The summed E-state index contributed by atoms with van der Waals surface area (Å²) in [7, 11) is 0. The topological polar surface area (TPSA) is 114 Å². The van der Waals surface area contributed by atoms with Crippen LogP contribution < -0.4 is 0 Å². The number of aromatic nitrogens is 2. The fourth-order valence-electron chi connectivity index (χ4n) is 8.97. The molecule has 8 aromatic carbocycles. The van der Waals surface area contributed by atoms with Crippen LogP contribution in [0.4, 0.5) is 24.5 Å². The molecule has 11 heteroatoms. The predicted molar refractivity (Wildman–Crippen MR) is 248 cm³/mol. The normalized spacial score (nSPS) is 11.2. The number of hydrogen-bond acceptors (Lipinski definition) is 4. The third kappa shape index (κ3) is 6.51. The molecule has 0 atom stereocenters. The highest BCUT2D eigenvalue weighted by molar-refractivity contribution is 6.12. The van der Waals surface area contributed by atoms with Gasteiger partial charge in [0.1, 0.15) is 6.07 Å². The first kappa shape index (κ1) is 40.2. The largest absolute Gasteiger partial charge is 0.417 e. The molecular formula is C55H25F3N8. The fourth-order valence-corrected chi connectivity index (χ4v) is 8.97. The third-order valence-electron chi connectivity index (χ3n) is 11.8. The van der Waals surface area contributed by atoms with Crippen LogP contribution in [0.2, 0.25) is 0 Å². The van der Waals surface area contributed by atoms with E-state index < -0.39 is 11.7 Å². The minimum absolute atomic E-state index is 0.138. The summed E-state index contributed by atoms with van der Waals surface area (Å²) in [6, 6.07) is 51.1. The second kappa shape index (κ2) is 15.5. The minimum atomic E-state index is -4.88. The second-order valence-corrected chi connectivity index (χ2v) is 15.5. The quantitative estimate of drug-likeness (QED) is 0.160. The van der Waals surface area contributed by atoms with E-state index in [1.165, 1.54) is 24.3 Å². The van der Waals surface area contributed by atoms with Gasteiger partial charge >= 0.3 is 6.18 Å². The van der Waals surface area contributed by atoms with E-state index in [1.54, 1.807) is 36.4 Å². The summed E-state index contributed by atoms with van der Waals surface area (Å²) in [5.41, 5.74) is 6.08. The van der Waals surface area contributed by atoms with Gasteiger partial charge in [0.25, 0.3) is 0 Å². The summed E-state index contributed by atoms with van der Waals surface area (Å²) in [5, 5.41) is 43.3. The van der Waals surface area contributed by atoms with Crippen molar-refractivity contribution in [3.05, 3.63) is 202 Å². The van der Waals surface area contributed by atoms with Gasteiger partial charge in [-0.15, -0.1) is 0 Å². The summed E-state index contributed by atoms with van der Waals surface area (Å²) < 4.78 is 49.6. The standard InChI is InChI=1S/C55H25F3N8/c1-63-40-19-33(29-60)17-37(22-40)35-12-15-51-45(24-35)43-7-3-5-9-49(43)65(51)53-27-47(42-14-11-32(28-59)21-48(42)55(56,57)58)54(26-39(53)31-62)66-50-10-6-4-8-44(50)46-25-36(13-16-52(46)66)38-18-34(30-61)20-41(23-38)64-2/h3-27H. The smallest absolute Gasteiger partial charge is 0.309 e. The highest BCUT2D eigenvalue weighted by Gasteiger charge is 2.35. The molecule has 10 aromatic rings. The van der Waals surface area contributed by atoms with Gasteiger partial charge in [0.15, 0.2) is 11.4 Å². The van der Waals surface area contributed by atoms with Gasteiger partial charge in [-0.1, -0.05) is 54.6 Å². The molecule has 0 aliphatic rings. The highest BCUT2D eigenvalue weighted by atomic mass is 19.4. The molecule has 0 saturated heterocycles. The van der Waals surface area contributed by atoms with Crippen LogP contribution in [0.15, 0.2) is 152 Å². The van der Waals surface area contributed by atoms with E-state index >= 15 is 13.2 Å². The molecule has 0 saturated carbocycles. The molecule has 0 radical (unpaired) electrons. The number of rotatable bonds is 5. The summed E-state index contributed by atoms with van der Waals surface area (Å²) in [6.45, 7) is 15.2. The van der Waals surface area contributed by atoms with Crippen molar-refractivity contribution in [3.8, 4) is 69.0 Å². The Hall–Kier alpha value is -9.91. The van der Waals surface area contributed by atoms with Crippen LogP contribution in [0.1, 0.15) is 27.8 Å². The number of hydrogen-bond donors (Lipinski definition) is 0. The van der Waals surface area contributed by atoms with Crippen molar-refractivity contribution in [1.82, 2.24) is 9.13 Å². The lowest BCUT2D eigenvalue weighted by molar-refractivity contribution is -0.137. The van der Waals surface area contributed by atoms with Crippen LogP contribution in [0.5, 0.6) is 0 Å². The summed E-state index contributed by atoms with van der Waals surface area (Å²) in [6.07, 6.45) is -4.88. The van der Waals surface area contributed by atoms with E-state index in [-0.39, 0.29) is 27.9 Å². The van der Waals surface area contributed by atoms with Crippen molar-refractivity contribution >= 4 is 55.0 Å². The Balaban J connectivity index is 1.29. The molecule has 10 rings (SSSR count). The molecule has 306 valence electrons. The van der Waals surface area contributed by atoms with Crippen molar-refractivity contribution in [3.63, 3.8) is 0 Å². The Kier molecular flexibility index (Phi) is 9.41. The molecule has 0 spiro atoms. The number of para-hydroxylation sites is 2. The second-order valence-electron chi connectivity index (χ2n) is 15.5. The van der Waals surface area contributed by atoms with E-state index in [1.807, 2.05) is 100 Å². The molecule has 2 aromatic heterocycles. The van der Waals surface area contributed by atoms with Gasteiger partial charge in [0, 0.05) is 38.2 Å². The third-order valence-corrected chi connectivity index (χ3v) is 11.8. The lowest BCUT2D eigenvalue weighted by Gasteiger charge is -2.21. The number of nitriles is 4. The van der Waals surface area contributed by atoms with E-state index in [2.05, 4.69) is 27.9 Å². The first-order valence-electron chi connectivity index (χ1n) is 20.2. The zero-order valence-corrected chi connectivity index (χ0v) is 34.1. The Morgan fingerprint density at radius 1 is 0.424 bits per heavy atom. The molecule has 0 fully saturated rings. The number of halogens is 3. The lowest BCUT2D eigenvalue weighted by atomic mass is 9.93. The molecule has 0 aliphatic heterocycles. The molecule has 0 amide bonds. The molecule has 66 heavy (non-hydrogen) atoms. The van der Waals surface area contributed by atoms with Gasteiger partial charge < -0.3 is 9.13 Å². The SMILES string of the molecule is [C-]#[N+]c1cc(C#N)cc(-c2ccc3c(c2)c2ccccc2n3-c2cc(-c3ccc(C#N)cc3C(F)(F)F)c(-n3c4ccccc4c4cc(-c5cc(C#N)cc([N+]#[C-])c5)ccc43)cc2C#N)c1. The maximum absolute atomic E-state index is 15.3. The summed E-state index contributed by atoms with van der Waals surface area (Å²) >= 11 is 0. The van der Waals surface area contributed by atoms with Crippen molar-refractivity contribution in [2.45, 2.75) is 6.18 Å². The molecule has 0 bridgehead atoms. The van der Waals surface area contributed by atoms with Crippen LogP contribution >= 0.6 is 0 Å². The average Bonchev–Trinajstić information content (AvgIpc) is 3.87. The monoisotopic (exact) mass is 854 g/mol. The number of benzene rings is 8. The van der Waals surface area contributed by atoms with Crippen molar-refractivity contribution in [2.24, 2.45) is 0 Å². The van der Waals surface area contributed by atoms with Crippen molar-refractivity contribution in [2.75, 3.05) is 0 Å². The first-order chi connectivity index (χ1) is 32.0. The van der Waals surface area contributed by atoms with Crippen LogP contribution in [0.3, 0.4) is 0 Å². The molecule has 0 aliphatic carbocycles. The van der Waals surface area contributed by atoms with Gasteiger partial charge in [-0.2, -0.15) is 34.2 Å². The number of fused-ring (bicyclic) bond motifs is 6. The summed E-state index contributed by atoms with van der Waals surface area (Å²) in [5.74, 6) is 0. The Bertz CT molecular complexity index is 3950. The zero-order valence-electron chi connectivity index (χ0n) is 34.1. The Morgan fingerprint density at radius 2 is 0.924 bits per heavy atom. The molecule has 8 nitrogen and oxygen atoms in total. The van der Waals surface area contributed by atoms with Gasteiger partial charge in [0.05, 0.1) is 81.5 Å². The van der Waals surface area contributed by atoms with Crippen LogP contribution in [0, 0.1) is 58.5 Å². The highest BCUT2D eigenvalue weighted by Crippen LogP contribution is 2.46. The maximum atomic E-state index is 15.3. The Morgan fingerprint density at radius 3 is 1.41 bits per heavy atom. The Labute approximate surface area is 374 Å². The van der Waals surface area contributed by atoms with E-state index in [9.17, 15) is 21.0 Å². The van der Waals surface area contributed by atoms with Crippen molar-refractivity contribution < 1.29 is 13.2 Å². The maximum Gasteiger partial charge on any atom is 0.417 e. The van der Waals surface area contributed by atoms with Gasteiger partial charge in [-0.05, 0) is 125 Å². The molecule has 0 unspecified atom stereocenters.